The van der Waals surface area contributed by atoms with Gasteiger partial charge in [0, 0.05) is 18.7 Å². The first-order valence-corrected chi connectivity index (χ1v) is 8.26. The molecular weight excluding hydrogens is 339 g/mol. The number of carbonyl (C=O) groups excluding carboxylic acids is 1. The van der Waals surface area contributed by atoms with Crippen molar-refractivity contribution < 1.29 is 17.9 Å². The Hall–Kier alpha value is -0.860. The van der Waals surface area contributed by atoms with Crippen molar-refractivity contribution in [2.45, 2.75) is 17.9 Å². The Balaban J connectivity index is 2.80. The molecule has 1 atom stereocenters. The van der Waals surface area contributed by atoms with Crippen LogP contribution < -0.4 is 10.0 Å². The summed E-state index contributed by atoms with van der Waals surface area (Å²) in [6.45, 7) is 2.06. The van der Waals surface area contributed by atoms with E-state index in [2.05, 4.69) is 10.0 Å². The molecule has 0 heterocycles. The van der Waals surface area contributed by atoms with Crippen LogP contribution in [0.25, 0.3) is 0 Å². The Kier molecular flexibility index (Phi) is 6.89. The Morgan fingerprint density at radius 3 is 2.67 bits per heavy atom. The van der Waals surface area contributed by atoms with Crippen LogP contribution in [-0.4, -0.2) is 40.6 Å². The number of nitrogens with one attached hydrogen (secondary N) is 2. The summed E-state index contributed by atoms with van der Waals surface area (Å²) < 4.78 is 31.4. The van der Waals surface area contributed by atoms with Crippen LogP contribution >= 0.6 is 23.2 Å². The van der Waals surface area contributed by atoms with Crippen LogP contribution in [0.4, 0.5) is 0 Å². The van der Waals surface area contributed by atoms with E-state index in [-0.39, 0.29) is 14.9 Å². The smallest absolute Gasteiger partial charge is 0.242 e. The van der Waals surface area contributed by atoms with E-state index >= 15 is 0 Å². The number of rotatable bonds is 7. The fourth-order valence-corrected chi connectivity index (χ4v) is 3.43. The van der Waals surface area contributed by atoms with Gasteiger partial charge in [0.05, 0.1) is 17.7 Å². The lowest BCUT2D eigenvalue weighted by Gasteiger charge is -2.15. The highest BCUT2D eigenvalue weighted by atomic mass is 35.5. The summed E-state index contributed by atoms with van der Waals surface area (Å²) in [5.41, 5.74) is 0. The quantitative estimate of drug-likeness (QED) is 0.725. The zero-order valence-electron chi connectivity index (χ0n) is 11.5. The highest BCUT2D eigenvalue weighted by molar-refractivity contribution is 7.89. The Labute approximate surface area is 133 Å². The van der Waals surface area contributed by atoms with E-state index in [0.717, 1.165) is 0 Å². The van der Waals surface area contributed by atoms with Crippen LogP contribution in [0, 0.1) is 0 Å². The van der Waals surface area contributed by atoms with Crippen molar-refractivity contribution in [2.24, 2.45) is 0 Å². The lowest BCUT2D eigenvalue weighted by Crippen LogP contribution is -2.45. The molecule has 0 bridgehead atoms. The monoisotopic (exact) mass is 354 g/mol. The van der Waals surface area contributed by atoms with Crippen molar-refractivity contribution in [3.63, 3.8) is 0 Å². The molecule has 0 fully saturated rings. The number of methoxy groups -OCH3 is 1. The van der Waals surface area contributed by atoms with Gasteiger partial charge in [0.1, 0.15) is 4.90 Å². The summed E-state index contributed by atoms with van der Waals surface area (Å²) >= 11 is 11.6. The summed E-state index contributed by atoms with van der Waals surface area (Å²) in [6, 6.07) is 3.12. The van der Waals surface area contributed by atoms with Crippen molar-refractivity contribution in [3.05, 3.63) is 28.2 Å². The maximum atomic E-state index is 12.2. The molecule has 0 saturated heterocycles. The van der Waals surface area contributed by atoms with E-state index in [1.165, 1.54) is 32.2 Å². The number of benzene rings is 1. The average Bonchev–Trinajstić information content (AvgIpc) is 2.41. The van der Waals surface area contributed by atoms with Gasteiger partial charge in [-0.15, -0.1) is 0 Å². The minimum absolute atomic E-state index is 0.0268. The van der Waals surface area contributed by atoms with Gasteiger partial charge in [0.2, 0.25) is 15.9 Å². The van der Waals surface area contributed by atoms with E-state index in [1.807, 2.05) is 0 Å². The van der Waals surface area contributed by atoms with Crippen molar-refractivity contribution in [1.29, 1.82) is 0 Å². The molecule has 0 unspecified atom stereocenters. The number of carbonyl (C=O) groups is 1. The minimum atomic E-state index is -3.95. The van der Waals surface area contributed by atoms with Crippen molar-refractivity contribution in [1.82, 2.24) is 10.0 Å². The molecule has 0 aliphatic carbocycles. The minimum Gasteiger partial charge on any atom is -0.383 e. The van der Waals surface area contributed by atoms with Crippen molar-refractivity contribution >= 4 is 39.1 Å². The van der Waals surface area contributed by atoms with E-state index in [4.69, 9.17) is 27.9 Å². The topological polar surface area (TPSA) is 84.5 Å². The van der Waals surface area contributed by atoms with Gasteiger partial charge in [-0.2, -0.15) is 4.72 Å². The lowest BCUT2D eigenvalue weighted by molar-refractivity contribution is -0.122. The Morgan fingerprint density at radius 1 is 1.38 bits per heavy atom. The van der Waals surface area contributed by atoms with Crippen LogP contribution in [0.2, 0.25) is 10.0 Å². The molecule has 0 aromatic heterocycles. The first-order valence-electron chi connectivity index (χ1n) is 6.02. The van der Waals surface area contributed by atoms with Crippen LogP contribution in [-0.2, 0) is 19.6 Å². The van der Waals surface area contributed by atoms with E-state index in [0.29, 0.717) is 13.2 Å². The maximum absolute atomic E-state index is 12.2. The van der Waals surface area contributed by atoms with Gasteiger partial charge in [-0.05, 0) is 25.1 Å². The number of ether oxygens (including phenoxy) is 1. The molecule has 21 heavy (non-hydrogen) atoms. The zero-order chi connectivity index (χ0) is 16.0. The molecule has 0 aliphatic heterocycles. The van der Waals surface area contributed by atoms with Gasteiger partial charge in [-0.1, -0.05) is 23.2 Å². The predicted molar refractivity (Wildman–Crippen MR) is 81.1 cm³/mol. The second-order valence-corrected chi connectivity index (χ2v) is 6.73. The van der Waals surface area contributed by atoms with Crippen LogP contribution in [0.15, 0.2) is 23.1 Å². The molecule has 0 spiro atoms. The summed E-state index contributed by atoms with van der Waals surface area (Å²) in [4.78, 5) is 11.6. The first kappa shape index (κ1) is 18.2. The summed E-state index contributed by atoms with van der Waals surface area (Å²) in [7, 11) is -2.45. The largest absolute Gasteiger partial charge is 0.383 e. The third-order valence-electron chi connectivity index (χ3n) is 2.51. The molecule has 9 heteroatoms. The molecule has 1 amide bonds. The molecular formula is C12H16Cl2N2O4S. The molecule has 1 aromatic carbocycles. The number of halogens is 2. The second-order valence-electron chi connectivity index (χ2n) is 4.20. The predicted octanol–water partition coefficient (Wildman–Crippen LogP) is 1.42. The maximum Gasteiger partial charge on any atom is 0.242 e. The molecule has 2 N–H and O–H groups in total. The van der Waals surface area contributed by atoms with Gasteiger partial charge in [0.15, 0.2) is 0 Å². The van der Waals surface area contributed by atoms with Gasteiger partial charge >= 0.3 is 0 Å². The number of sulfonamides is 1. The van der Waals surface area contributed by atoms with E-state index in [1.54, 1.807) is 0 Å². The summed E-state index contributed by atoms with van der Waals surface area (Å²) in [5.74, 6) is -0.464. The second kappa shape index (κ2) is 7.95. The highest BCUT2D eigenvalue weighted by Gasteiger charge is 2.24. The van der Waals surface area contributed by atoms with Gasteiger partial charge in [0.25, 0.3) is 0 Å². The first-order chi connectivity index (χ1) is 9.77. The lowest BCUT2D eigenvalue weighted by atomic mass is 10.3. The molecule has 0 saturated carbocycles. The third-order valence-corrected chi connectivity index (χ3v) is 4.77. The van der Waals surface area contributed by atoms with Crippen LogP contribution in [0.5, 0.6) is 0 Å². The molecule has 1 rings (SSSR count). The molecule has 6 nitrogen and oxygen atoms in total. The Bertz CT molecular complexity index is 607. The fraction of sp³-hybridized carbons (Fsp3) is 0.417. The van der Waals surface area contributed by atoms with Crippen LogP contribution in [0.3, 0.4) is 0 Å². The van der Waals surface area contributed by atoms with E-state index < -0.39 is 22.0 Å². The summed E-state index contributed by atoms with van der Waals surface area (Å²) in [5, 5.41) is 2.79. The van der Waals surface area contributed by atoms with Gasteiger partial charge in [-0.25, -0.2) is 8.42 Å². The summed E-state index contributed by atoms with van der Waals surface area (Å²) in [6.07, 6.45) is 0. The number of hydrogen-bond acceptors (Lipinski definition) is 4. The average molecular weight is 355 g/mol. The standard InChI is InChI=1S/C12H16Cl2N2O4S/c1-8(12(17)15-5-6-20-2)16-21(18,19)11-7-9(13)3-4-10(11)14/h3-4,7-8,16H,5-6H2,1-2H3,(H,15,17)/t8-/m1/s1. The molecule has 1 aromatic rings. The third kappa shape index (κ3) is 5.44. The fourth-order valence-electron chi connectivity index (χ4n) is 1.46. The molecule has 0 aliphatic rings. The van der Waals surface area contributed by atoms with Gasteiger partial charge in [-0.3, -0.25) is 4.79 Å². The number of amides is 1. The molecule has 118 valence electrons. The van der Waals surface area contributed by atoms with Crippen LogP contribution in [0.1, 0.15) is 6.92 Å². The highest BCUT2D eigenvalue weighted by Crippen LogP contribution is 2.24. The van der Waals surface area contributed by atoms with E-state index in [9.17, 15) is 13.2 Å². The Morgan fingerprint density at radius 2 is 2.05 bits per heavy atom. The SMILES string of the molecule is COCCNC(=O)[C@@H](C)NS(=O)(=O)c1cc(Cl)ccc1Cl. The van der Waals surface area contributed by atoms with Gasteiger partial charge < -0.3 is 10.1 Å². The number of hydrogen-bond donors (Lipinski definition) is 2. The molecule has 0 radical (unpaired) electrons. The van der Waals surface area contributed by atoms with Crippen molar-refractivity contribution in [2.75, 3.05) is 20.3 Å². The van der Waals surface area contributed by atoms with Crippen molar-refractivity contribution in [3.8, 4) is 0 Å². The normalized spacial score (nSPS) is 13.0. The zero-order valence-corrected chi connectivity index (χ0v) is 13.8.